The van der Waals surface area contributed by atoms with E-state index in [1.807, 2.05) is 63.2 Å². The molecule has 1 atom stereocenters. The van der Waals surface area contributed by atoms with E-state index in [-0.39, 0.29) is 6.61 Å². The quantitative estimate of drug-likeness (QED) is 0.700. The van der Waals surface area contributed by atoms with E-state index in [4.69, 9.17) is 4.74 Å². The van der Waals surface area contributed by atoms with Crippen molar-refractivity contribution >= 4 is 20.9 Å². The van der Waals surface area contributed by atoms with Crippen LogP contribution in [0.3, 0.4) is 0 Å². The Morgan fingerprint density at radius 2 is 1.74 bits per heavy atom. The Morgan fingerprint density at radius 1 is 1.07 bits per heavy atom. The summed E-state index contributed by atoms with van der Waals surface area (Å²) >= 11 is 0. The second kappa shape index (κ2) is 7.66. The molecule has 0 aliphatic rings. The molecule has 1 heterocycles. The van der Waals surface area contributed by atoms with Crippen molar-refractivity contribution in [2.24, 2.45) is 0 Å². The molecule has 2 aromatic carbocycles. The van der Waals surface area contributed by atoms with Gasteiger partial charge in [0.2, 0.25) is 10.0 Å². The molecule has 6 heteroatoms. The predicted molar refractivity (Wildman–Crippen MR) is 108 cm³/mol. The SMILES string of the molecule is Cc1cc(C)c(S(=O)(=O)N[C@@H](C)COc2cccc3cccnc23)c(C)c1. The van der Waals surface area contributed by atoms with Crippen LogP contribution in [0, 0.1) is 20.8 Å². The number of nitrogens with zero attached hydrogens (tertiary/aromatic N) is 1. The van der Waals surface area contributed by atoms with Gasteiger partial charge in [-0.05, 0) is 51.0 Å². The van der Waals surface area contributed by atoms with Gasteiger partial charge in [0.25, 0.3) is 0 Å². The Hall–Kier alpha value is -2.44. The van der Waals surface area contributed by atoms with Crippen LogP contribution >= 0.6 is 0 Å². The molecule has 0 aliphatic heterocycles. The zero-order valence-electron chi connectivity index (χ0n) is 16.0. The van der Waals surface area contributed by atoms with Gasteiger partial charge < -0.3 is 4.74 Å². The summed E-state index contributed by atoms with van der Waals surface area (Å²) < 4.78 is 34.3. The molecule has 3 rings (SSSR count). The molecule has 3 aromatic rings. The number of fused-ring (bicyclic) bond motifs is 1. The topological polar surface area (TPSA) is 68.3 Å². The molecule has 1 aromatic heterocycles. The molecule has 0 fully saturated rings. The molecule has 0 aliphatic carbocycles. The third kappa shape index (κ3) is 4.28. The summed E-state index contributed by atoms with van der Waals surface area (Å²) in [6.07, 6.45) is 1.71. The van der Waals surface area contributed by atoms with Crippen LogP contribution in [0.5, 0.6) is 5.75 Å². The maximum absolute atomic E-state index is 12.8. The lowest BCUT2D eigenvalue weighted by Crippen LogP contribution is -2.37. The smallest absolute Gasteiger partial charge is 0.241 e. The summed E-state index contributed by atoms with van der Waals surface area (Å²) in [6.45, 7) is 7.58. The highest BCUT2D eigenvalue weighted by Crippen LogP contribution is 2.24. The molecule has 142 valence electrons. The van der Waals surface area contributed by atoms with E-state index in [0.717, 1.165) is 27.6 Å². The first-order chi connectivity index (χ1) is 12.8. The monoisotopic (exact) mass is 384 g/mol. The largest absolute Gasteiger partial charge is 0.490 e. The minimum Gasteiger partial charge on any atom is -0.490 e. The molecule has 1 N–H and O–H groups in total. The van der Waals surface area contributed by atoms with Crippen LogP contribution in [0.15, 0.2) is 53.6 Å². The van der Waals surface area contributed by atoms with Gasteiger partial charge >= 0.3 is 0 Å². The first-order valence-corrected chi connectivity index (χ1v) is 10.3. The molecule has 0 saturated heterocycles. The molecule has 5 nitrogen and oxygen atoms in total. The fraction of sp³-hybridized carbons (Fsp3) is 0.286. The van der Waals surface area contributed by atoms with E-state index in [0.29, 0.717) is 10.6 Å². The average molecular weight is 385 g/mol. The molecule has 0 amide bonds. The molecule has 27 heavy (non-hydrogen) atoms. The van der Waals surface area contributed by atoms with Crippen molar-refractivity contribution in [1.29, 1.82) is 0 Å². The Bertz CT molecular complexity index is 1050. The Balaban J connectivity index is 1.75. The number of nitrogens with one attached hydrogen (secondary N) is 1. The highest BCUT2D eigenvalue weighted by atomic mass is 32.2. The van der Waals surface area contributed by atoms with Gasteiger partial charge in [-0.25, -0.2) is 13.1 Å². The van der Waals surface area contributed by atoms with Gasteiger partial charge in [-0.3, -0.25) is 4.98 Å². The number of hydrogen-bond donors (Lipinski definition) is 1. The highest BCUT2D eigenvalue weighted by molar-refractivity contribution is 7.89. The van der Waals surface area contributed by atoms with Gasteiger partial charge in [0.05, 0.1) is 10.9 Å². The molecular formula is C21H24N2O3S. The van der Waals surface area contributed by atoms with Crippen molar-refractivity contribution in [3.8, 4) is 5.75 Å². The average Bonchev–Trinajstić information content (AvgIpc) is 2.58. The fourth-order valence-electron chi connectivity index (χ4n) is 3.36. The van der Waals surface area contributed by atoms with Crippen molar-refractivity contribution in [2.45, 2.75) is 38.6 Å². The maximum atomic E-state index is 12.8. The number of aryl methyl sites for hydroxylation is 3. The van der Waals surface area contributed by atoms with E-state index in [1.54, 1.807) is 13.1 Å². The van der Waals surface area contributed by atoms with Crippen molar-refractivity contribution in [3.63, 3.8) is 0 Å². The Labute approximate surface area is 160 Å². The van der Waals surface area contributed by atoms with E-state index in [9.17, 15) is 8.42 Å². The molecule has 0 radical (unpaired) electrons. The predicted octanol–water partition coefficient (Wildman–Crippen LogP) is 3.91. The van der Waals surface area contributed by atoms with Crippen molar-refractivity contribution < 1.29 is 13.2 Å². The van der Waals surface area contributed by atoms with Crippen LogP contribution in [0.2, 0.25) is 0 Å². The zero-order valence-corrected chi connectivity index (χ0v) is 16.8. The second-order valence-electron chi connectivity index (χ2n) is 6.89. The minimum absolute atomic E-state index is 0.207. The third-order valence-corrected chi connectivity index (χ3v) is 6.21. The van der Waals surface area contributed by atoms with Gasteiger partial charge in [0.15, 0.2) is 0 Å². The van der Waals surface area contributed by atoms with Crippen LogP contribution in [-0.2, 0) is 10.0 Å². The lowest BCUT2D eigenvalue weighted by molar-refractivity contribution is 0.290. The zero-order chi connectivity index (χ0) is 19.6. The number of sulfonamides is 1. The number of ether oxygens (including phenoxy) is 1. The fourth-order valence-corrected chi connectivity index (χ4v) is 5.04. The van der Waals surface area contributed by atoms with Crippen LogP contribution in [-0.4, -0.2) is 26.1 Å². The molecule has 0 saturated carbocycles. The van der Waals surface area contributed by atoms with Gasteiger partial charge in [0, 0.05) is 11.6 Å². The molecule has 0 bridgehead atoms. The van der Waals surface area contributed by atoms with Crippen molar-refractivity contribution in [2.75, 3.05) is 6.61 Å². The number of hydrogen-bond acceptors (Lipinski definition) is 4. The number of aromatic nitrogens is 1. The van der Waals surface area contributed by atoms with Crippen molar-refractivity contribution in [1.82, 2.24) is 9.71 Å². The van der Waals surface area contributed by atoms with Crippen LogP contribution in [0.4, 0.5) is 0 Å². The van der Waals surface area contributed by atoms with Gasteiger partial charge in [-0.1, -0.05) is 35.9 Å². The maximum Gasteiger partial charge on any atom is 0.241 e. The number of rotatable bonds is 6. The second-order valence-corrected chi connectivity index (χ2v) is 8.54. The molecule has 0 spiro atoms. The lowest BCUT2D eigenvalue weighted by Gasteiger charge is -2.18. The van der Waals surface area contributed by atoms with Gasteiger partial charge in [-0.15, -0.1) is 0 Å². The summed E-state index contributed by atoms with van der Waals surface area (Å²) in [5.74, 6) is 0.641. The number of pyridine rings is 1. The third-order valence-electron chi connectivity index (χ3n) is 4.31. The summed E-state index contributed by atoms with van der Waals surface area (Å²) in [7, 11) is -3.63. The standard InChI is InChI=1S/C21H24N2O3S/c1-14-11-15(2)21(16(3)12-14)27(24,25)23-17(4)13-26-19-9-5-7-18-8-6-10-22-20(18)19/h5-12,17,23H,13H2,1-4H3/t17-/m0/s1. The van der Waals surface area contributed by atoms with Crippen LogP contribution in [0.1, 0.15) is 23.6 Å². The first kappa shape index (κ1) is 19.3. The number of para-hydroxylation sites is 1. The van der Waals surface area contributed by atoms with E-state index < -0.39 is 16.1 Å². The van der Waals surface area contributed by atoms with Gasteiger partial charge in [0.1, 0.15) is 17.9 Å². The summed E-state index contributed by atoms with van der Waals surface area (Å²) in [5, 5.41) is 0.981. The van der Waals surface area contributed by atoms with E-state index in [2.05, 4.69) is 9.71 Å². The summed E-state index contributed by atoms with van der Waals surface area (Å²) in [5.41, 5.74) is 3.29. The first-order valence-electron chi connectivity index (χ1n) is 8.84. The van der Waals surface area contributed by atoms with Crippen LogP contribution in [0.25, 0.3) is 10.9 Å². The van der Waals surface area contributed by atoms with E-state index in [1.165, 1.54) is 0 Å². The van der Waals surface area contributed by atoms with Gasteiger partial charge in [-0.2, -0.15) is 0 Å². The van der Waals surface area contributed by atoms with Crippen LogP contribution < -0.4 is 9.46 Å². The lowest BCUT2D eigenvalue weighted by atomic mass is 10.1. The Morgan fingerprint density at radius 3 is 2.44 bits per heavy atom. The minimum atomic E-state index is -3.63. The molecular weight excluding hydrogens is 360 g/mol. The highest BCUT2D eigenvalue weighted by Gasteiger charge is 2.22. The normalized spacial score (nSPS) is 12.9. The molecule has 0 unspecified atom stereocenters. The summed E-state index contributed by atoms with van der Waals surface area (Å²) in [4.78, 5) is 4.69. The number of benzene rings is 2. The Kier molecular flexibility index (Phi) is 5.48. The summed E-state index contributed by atoms with van der Waals surface area (Å²) in [6, 6.07) is 12.9. The van der Waals surface area contributed by atoms with Crippen molar-refractivity contribution in [3.05, 3.63) is 65.4 Å². The van der Waals surface area contributed by atoms with E-state index >= 15 is 0 Å².